The van der Waals surface area contributed by atoms with Crippen molar-refractivity contribution in [1.82, 2.24) is 19.7 Å². The topological polar surface area (TPSA) is 75.6 Å². The molecule has 9 heteroatoms. The van der Waals surface area contributed by atoms with Gasteiger partial charge in [0.05, 0.1) is 0 Å². The summed E-state index contributed by atoms with van der Waals surface area (Å²) in [4.78, 5) is 9.12. The summed E-state index contributed by atoms with van der Waals surface area (Å²) in [5, 5.41) is 9.49. The number of piperazine rings is 1. The number of hydrogen-bond donors (Lipinski definition) is 1. The van der Waals surface area contributed by atoms with Crippen LogP contribution in [-0.4, -0.2) is 58.3 Å². The summed E-state index contributed by atoms with van der Waals surface area (Å²) in [6, 6.07) is 8.00. The lowest BCUT2D eigenvalue weighted by Crippen LogP contribution is -2.51. The van der Waals surface area contributed by atoms with Crippen LogP contribution in [0, 0.1) is 0 Å². The molecule has 2 aliphatic rings. The van der Waals surface area contributed by atoms with Gasteiger partial charge in [0, 0.05) is 62.8 Å². The van der Waals surface area contributed by atoms with E-state index in [1.54, 1.807) is 0 Å². The highest BCUT2D eigenvalue weighted by atomic mass is 127. The van der Waals surface area contributed by atoms with E-state index in [2.05, 4.69) is 41.7 Å². The largest absolute Gasteiger partial charge is 0.370 e. The van der Waals surface area contributed by atoms with Crippen LogP contribution in [0.25, 0.3) is 0 Å². The third-order valence-corrected chi connectivity index (χ3v) is 5.84. The van der Waals surface area contributed by atoms with E-state index in [4.69, 9.17) is 17.3 Å². The van der Waals surface area contributed by atoms with Crippen LogP contribution in [0.15, 0.2) is 29.3 Å². The van der Waals surface area contributed by atoms with Gasteiger partial charge in [-0.05, 0) is 37.1 Å². The van der Waals surface area contributed by atoms with Gasteiger partial charge in [0.2, 0.25) is 0 Å². The minimum Gasteiger partial charge on any atom is -0.370 e. The number of aliphatic imine (C=N–C) groups is 1. The van der Waals surface area contributed by atoms with Crippen molar-refractivity contribution >= 4 is 47.2 Å². The summed E-state index contributed by atoms with van der Waals surface area (Å²) >= 11 is 5.98. The zero-order valence-corrected chi connectivity index (χ0v) is 19.7. The van der Waals surface area contributed by atoms with Crippen molar-refractivity contribution in [3.63, 3.8) is 0 Å². The molecule has 0 spiro atoms. The molecule has 2 aliphatic heterocycles. The first-order chi connectivity index (χ1) is 13.7. The number of hydrogen-bond acceptors (Lipinski definition) is 4. The SMILES string of the molecule is I.NC(=NCCc1nnc2n1CCCCC2)N1CCN(c2ccc(Cl)cc2)CC1. The van der Waals surface area contributed by atoms with Gasteiger partial charge in [0.25, 0.3) is 0 Å². The second kappa shape index (κ2) is 10.5. The fourth-order valence-corrected chi connectivity index (χ4v) is 4.07. The minimum absolute atomic E-state index is 0. The number of nitrogens with two attached hydrogens (primary N) is 1. The summed E-state index contributed by atoms with van der Waals surface area (Å²) < 4.78 is 2.28. The van der Waals surface area contributed by atoms with E-state index >= 15 is 0 Å². The Kier molecular flexibility index (Phi) is 7.99. The maximum Gasteiger partial charge on any atom is 0.191 e. The van der Waals surface area contributed by atoms with E-state index in [9.17, 15) is 0 Å². The van der Waals surface area contributed by atoms with Gasteiger partial charge < -0.3 is 20.1 Å². The normalized spacial score (nSPS) is 17.5. The van der Waals surface area contributed by atoms with E-state index in [1.165, 1.54) is 24.9 Å². The van der Waals surface area contributed by atoms with E-state index in [-0.39, 0.29) is 24.0 Å². The minimum atomic E-state index is 0. The molecule has 1 aromatic heterocycles. The third kappa shape index (κ3) is 5.53. The molecule has 0 radical (unpaired) electrons. The number of nitrogens with zero attached hydrogens (tertiary/aromatic N) is 6. The standard InChI is InChI=1S/C20H28ClN7.HI/c21-16-5-7-17(8-6-16)26-12-14-27(15-13-26)20(22)23-10-9-19-25-24-18-4-2-1-3-11-28(18)19;/h5-8H,1-4,9-15H2,(H2,22,23);1H. The molecule has 0 bridgehead atoms. The highest BCUT2D eigenvalue weighted by Crippen LogP contribution is 2.19. The van der Waals surface area contributed by atoms with Gasteiger partial charge in [-0.15, -0.1) is 34.2 Å². The van der Waals surface area contributed by atoms with Crippen LogP contribution in [0.3, 0.4) is 0 Å². The molecule has 2 N–H and O–H groups in total. The molecule has 4 rings (SSSR count). The number of rotatable bonds is 4. The van der Waals surface area contributed by atoms with Gasteiger partial charge in [-0.3, -0.25) is 4.99 Å². The Morgan fingerprint density at radius 3 is 2.52 bits per heavy atom. The highest BCUT2D eigenvalue weighted by molar-refractivity contribution is 14.0. The van der Waals surface area contributed by atoms with Crippen LogP contribution >= 0.6 is 35.6 Å². The molecule has 0 unspecified atom stereocenters. The van der Waals surface area contributed by atoms with Crippen LogP contribution in [0.2, 0.25) is 5.02 Å². The first-order valence-corrected chi connectivity index (χ1v) is 10.5. The fraction of sp³-hybridized carbons (Fsp3) is 0.550. The molecule has 29 heavy (non-hydrogen) atoms. The molecule has 7 nitrogen and oxygen atoms in total. The monoisotopic (exact) mass is 529 g/mol. The lowest BCUT2D eigenvalue weighted by Gasteiger charge is -2.36. The number of guanidine groups is 1. The molecule has 1 saturated heterocycles. The Morgan fingerprint density at radius 1 is 1.00 bits per heavy atom. The summed E-state index contributed by atoms with van der Waals surface area (Å²) in [6.45, 7) is 5.28. The van der Waals surface area contributed by atoms with Gasteiger partial charge in [0.1, 0.15) is 11.6 Å². The van der Waals surface area contributed by atoms with Crippen molar-refractivity contribution in [2.24, 2.45) is 10.7 Å². The van der Waals surface area contributed by atoms with Crippen molar-refractivity contribution in [3.8, 4) is 0 Å². The first kappa shape index (κ1) is 22.1. The first-order valence-electron chi connectivity index (χ1n) is 10.2. The van der Waals surface area contributed by atoms with Gasteiger partial charge in [0.15, 0.2) is 5.96 Å². The second-order valence-electron chi connectivity index (χ2n) is 7.44. The smallest absolute Gasteiger partial charge is 0.191 e. The zero-order valence-electron chi connectivity index (χ0n) is 16.6. The number of halogens is 2. The Balaban J connectivity index is 0.00000240. The Morgan fingerprint density at radius 2 is 1.76 bits per heavy atom. The number of benzene rings is 1. The van der Waals surface area contributed by atoms with E-state index in [0.29, 0.717) is 12.5 Å². The van der Waals surface area contributed by atoms with E-state index in [0.717, 1.165) is 62.2 Å². The second-order valence-corrected chi connectivity index (χ2v) is 7.87. The van der Waals surface area contributed by atoms with Crippen molar-refractivity contribution in [1.29, 1.82) is 0 Å². The average molecular weight is 530 g/mol. The molecule has 2 aromatic rings. The molecular weight excluding hydrogens is 501 g/mol. The molecule has 1 aromatic carbocycles. The summed E-state index contributed by atoms with van der Waals surface area (Å²) in [5.41, 5.74) is 7.45. The summed E-state index contributed by atoms with van der Waals surface area (Å²) in [6.07, 6.45) is 5.53. The lowest BCUT2D eigenvalue weighted by molar-refractivity contribution is 0.381. The number of fused-ring (bicyclic) bond motifs is 1. The maximum atomic E-state index is 6.25. The van der Waals surface area contributed by atoms with Gasteiger partial charge in [-0.1, -0.05) is 18.0 Å². The van der Waals surface area contributed by atoms with Gasteiger partial charge >= 0.3 is 0 Å². The summed E-state index contributed by atoms with van der Waals surface area (Å²) in [7, 11) is 0. The van der Waals surface area contributed by atoms with Crippen LogP contribution in [-0.2, 0) is 19.4 Å². The zero-order chi connectivity index (χ0) is 19.3. The van der Waals surface area contributed by atoms with Crippen LogP contribution in [0.4, 0.5) is 5.69 Å². The van der Waals surface area contributed by atoms with E-state index in [1.807, 2.05) is 12.1 Å². The molecule has 0 aliphatic carbocycles. The van der Waals surface area contributed by atoms with E-state index < -0.39 is 0 Å². The molecule has 0 amide bonds. The fourth-order valence-electron chi connectivity index (χ4n) is 3.95. The van der Waals surface area contributed by atoms with Crippen molar-refractivity contribution in [2.45, 2.75) is 38.6 Å². The maximum absolute atomic E-state index is 6.25. The number of aromatic nitrogens is 3. The molecular formula is C20H29ClIN7. The quantitative estimate of drug-likeness (QED) is 0.374. The van der Waals surface area contributed by atoms with Crippen LogP contribution in [0.5, 0.6) is 0 Å². The highest BCUT2D eigenvalue weighted by Gasteiger charge is 2.19. The Bertz CT molecular complexity index is 813. The van der Waals surface area contributed by atoms with Crippen molar-refractivity contribution in [3.05, 3.63) is 40.9 Å². The Hall–Kier alpha value is -1.55. The van der Waals surface area contributed by atoms with Crippen LogP contribution < -0.4 is 10.6 Å². The molecule has 1 fully saturated rings. The molecule has 0 atom stereocenters. The number of aryl methyl sites for hydroxylation is 1. The molecule has 158 valence electrons. The lowest BCUT2D eigenvalue weighted by atomic mass is 10.2. The van der Waals surface area contributed by atoms with Gasteiger partial charge in [-0.25, -0.2) is 0 Å². The Labute approximate surface area is 194 Å². The predicted octanol–water partition coefficient (Wildman–Crippen LogP) is 2.96. The summed E-state index contributed by atoms with van der Waals surface area (Å²) in [5.74, 6) is 2.80. The van der Waals surface area contributed by atoms with Gasteiger partial charge in [-0.2, -0.15) is 0 Å². The average Bonchev–Trinajstić information content (AvgIpc) is 2.95. The molecule has 3 heterocycles. The molecule has 0 saturated carbocycles. The predicted molar refractivity (Wildman–Crippen MR) is 128 cm³/mol. The van der Waals surface area contributed by atoms with Crippen molar-refractivity contribution in [2.75, 3.05) is 37.6 Å². The third-order valence-electron chi connectivity index (χ3n) is 5.59. The van der Waals surface area contributed by atoms with Crippen LogP contribution in [0.1, 0.15) is 30.9 Å². The number of anilines is 1. The van der Waals surface area contributed by atoms with Crippen molar-refractivity contribution < 1.29 is 0 Å².